The number of aldehydes is 1. The predicted octanol–water partition coefficient (Wildman–Crippen LogP) is 4.88. The minimum Gasteiger partial charge on any atom is -0.496 e. The molecule has 0 atom stereocenters. The third-order valence-electron chi connectivity index (χ3n) is 7.01. The van der Waals surface area contributed by atoms with Crippen LogP contribution in [0.5, 0.6) is 5.75 Å². The zero-order valence-corrected chi connectivity index (χ0v) is 23.5. The average Bonchev–Trinajstić information content (AvgIpc) is 3.30. The lowest BCUT2D eigenvalue weighted by molar-refractivity contribution is 0.101. The monoisotopic (exact) mass is 579 g/mol. The van der Waals surface area contributed by atoms with E-state index in [1.165, 1.54) is 7.11 Å². The van der Waals surface area contributed by atoms with Gasteiger partial charge in [-0.3, -0.25) is 19.5 Å². The highest BCUT2D eigenvalue weighted by Gasteiger charge is 2.26. The molecule has 9 nitrogen and oxygen atoms in total. The zero-order chi connectivity index (χ0) is 28.4. The molecule has 2 aromatic heterocycles. The first kappa shape index (κ1) is 27.8. The number of hydrogen-bond acceptors (Lipinski definition) is 7. The number of benzene rings is 2. The van der Waals surface area contributed by atoms with Crippen molar-refractivity contribution < 1.29 is 19.4 Å². The van der Waals surface area contributed by atoms with Gasteiger partial charge in [-0.2, -0.15) is 0 Å². The molecule has 0 fully saturated rings. The number of imidazole rings is 1. The normalized spacial score (nSPS) is 13.1. The first-order chi connectivity index (χ1) is 19.4. The summed E-state index contributed by atoms with van der Waals surface area (Å²) in [6.45, 7) is 2.02. The SMILES string of the molecule is COc1cc(-c2nccc(-c3cccc(NC(=O)c4nc5c(n4C)CCN(CCO)C5)c3Cl)c2Cl)ccc1C=O. The summed E-state index contributed by atoms with van der Waals surface area (Å²) in [5.74, 6) is 0.318. The molecule has 0 bridgehead atoms. The molecule has 0 saturated heterocycles. The Kier molecular flexibility index (Phi) is 8.18. The van der Waals surface area contributed by atoms with E-state index in [0.717, 1.165) is 30.6 Å². The van der Waals surface area contributed by atoms with Crippen LogP contribution in [-0.4, -0.2) is 63.5 Å². The lowest BCUT2D eigenvalue weighted by Gasteiger charge is -2.25. The number of fused-ring (bicyclic) bond motifs is 1. The minimum atomic E-state index is -0.381. The summed E-state index contributed by atoms with van der Waals surface area (Å²) in [6.07, 6.45) is 3.09. The number of ether oxygens (including phenoxy) is 1. The van der Waals surface area contributed by atoms with Gasteiger partial charge in [-0.05, 0) is 24.3 Å². The number of nitrogens with zero attached hydrogens (tertiary/aromatic N) is 4. The summed E-state index contributed by atoms with van der Waals surface area (Å²) in [6, 6.07) is 12.2. The topological polar surface area (TPSA) is 110 Å². The molecule has 3 heterocycles. The van der Waals surface area contributed by atoms with Crippen LogP contribution in [-0.2, 0) is 20.0 Å². The van der Waals surface area contributed by atoms with Gasteiger partial charge < -0.3 is 19.7 Å². The van der Waals surface area contributed by atoms with Crippen LogP contribution in [0.4, 0.5) is 5.69 Å². The number of aliphatic hydroxyl groups is 1. The molecule has 5 rings (SSSR count). The van der Waals surface area contributed by atoms with Crippen LogP contribution >= 0.6 is 23.2 Å². The summed E-state index contributed by atoms with van der Waals surface area (Å²) < 4.78 is 7.14. The van der Waals surface area contributed by atoms with E-state index in [4.69, 9.17) is 27.9 Å². The molecule has 40 heavy (non-hydrogen) atoms. The van der Waals surface area contributed by atoms with Crippen molar-refractivity contribution in [2.24, 2.45) is 7.05 Å². The average molecular weight is 580 g/mol. The molecular weight excluding hydrogens is 553 g/mol. The first-order valence-corrected chi connectivity index (χ1v) is 13.4. The number of halogens is 2. The number of pyridine rings is 1. The number of carbonyl (C=O) groups is 2. The van der Waals surface area contributed by atoms with Gasteiger partial charge in [-0.25, -0.2) is 4.98 Å². The maximum atomic E-state index is 13.3. The number of β-amino-alcohol motifs (C(OH)–C–C–N with tert-alkyl or cyclic N) is 1. The van der Waals surface area contributed by atoms with E-state index in [0.29, 0.717) is 62.5 Å². The van der Waals surface area contributed by atoms with Gasteiger partial charge in [0.05, 0.1) is 46.4 Å². The van der Waals surface area contributed by atoms with Gasteiger partial charge in [0.25, 0.3) is 5.91 Å². The number of amides is 1. The number of carbonyl (C=O) groups excluding carboxylic acids is 2. The zero-order valence-electron chi connectivity index (χ0n) is 21.9. The molecule has 0 aliphatic carbocycles. The van der Waals surface area contributed by atoms with Crippen LogP contribution < -0.4 is 10.1 Å². The van der Waals surface area contributed by atoms with E-state index in [2.05, 4.69) is 20.2 Å². The third kappa shape index (κ3) is 5.21. The van der Waals surface area contributed by atoms with E-state index in [1.54, 1.807) is 42.6 Å². The van der Waals surface area contributed by atoms with Crippen molar-refractivity contribution in [3.05, 3.63) is 81.5 Å². The fourth-order valence-electron chi connectivity index (χ4n) is 4.94. The van der Waals surface area contributed by atoms with Crippen molar-refractivity contribution >= 4 is 41.1 Å². The van der Waals surface area contributed by atoms with Crippen molar-refractivity contribution in [2.75, 3.05) is 32.1 Å². The second-order valence-corrected chi connectivity index (χ2v) is 10.1. The maximum Gasteiger partial charge on any atom is 0.291 e. The molecule has 0 radical (unpaired) electrons. The molecule has 0 saturated carbocycles. The number of aromatic nitrogens is 3. The Morgan fingerprint density at radius 1 is 1.18 bits per heavy atom. The van der Waals surface area contributed by atoms with Gasteiger partial charge in [0.2, 0.25) is 0 Å². The van der Waals surface area contributed by atoms with Gasteiger partial charge >= 0.3 is 0 Å². The first-order valence-electron chi connectivity index (χ1n) is 12.6. The van der Waals surface area contributed by atoms with Crippen molar-refractivity contribution in [1.29, 1.82) is 0 Å². The molecule has 1 aliphatic heterocycles. The van der Waals surface area contributed by atoms with Crippen LogP contribution in [0.15, 0.2) is 48.7 Å². The largest absolute Gasteiger partial charge is 0.496 e. The summed E-state index contributed by atoms with van der Waals surface area (Å²) >= 11 is 13.7. The van der Waals surface area contributed by atoms with Gasteiger partial charge in [0.15, 0.2) is 12.1 Å². The summed E-state index contributed by atoms with van der Waals surface area (Å²) in [4.78, 5) is 35.8. The lowest BCUT2D eigenvalue weighted by Crippen LogP contribution is -2.33. The second-order valence-electron chi connectivity index (χ2n) is 9.35. The van der Waals surface area contributed by atoms with Crippen molar-refractivity contribution in [1.82, 2.24) is 19.4 Å². The number of rotatable bonds is 8. The Morgan fingerprint density at radius 2 is 1.98 bits per heavy atom. The highest BCUT2D eigenvalue weighted by molar-refractivity contribution is 6.39. The van der Waals surface area contributed by atoms with Gasteiger partial charge in [-0.1, -0.05) is 41.4 Å². The van der Waals surface area contributed by atoms with E-state index < -0.39 is 0 Å². The second kappa shape index (κ2) is 11.8. The number of hydrogen-bond donors (Lipinski definition) is 2. The van der Waals surface area contributed by atoms with E-state index in [1.807, 2.05) is 17.7 Å². The summed E-state index contributed by atoms with van der Waals surface area (Å²) in [5.41, 5.74) is 5.08. The summed E-state index contributed by atoms with van der Waals surface area (Å²) in [5, 5.41) is 12.8. The van der Waals surface area contributed by atoms with Crippen LogP contribution in [0.25, 0.3) is 22.4 Å². The van der Waals surface area contributed by atoms with Crippen LogP contribution in [0.3, 0.4) is 0 Å². The highest BCUT2D eigenvalue weighted by Crippen LogP contribution is 2.41. The van der Waals surface area contributed by atoms with Crippen molar-refractivity contribution in [3.8, 4) is 28.1 Å². The van der Waals surface area contributed by atoms with E-state index in [9.17, 15) is 14.7 Å². The van der Waals surface area contributed by atoms with Crippen LogP contribution in [0.1, 0.15) is 32.4 Å². The standard InChI is InChI=1S/C29H27Cl2N5O4/c1-35-23-9-11-36(12-13-37)15-22(23)33-28(35)29(39)34-21-5-3-4-19(25(21)30)20-8-10-32-27(26(20)31)17-6-7-18(16-38)24(14-17)40-2/h3-8,10,14,16,37H,9,11-13,15H2,1-2H3,(H,34,39). The number of aliphatic hydroxyl groups excluding tert-OH is 1. The molecular formula is C29H27Cl2N5O4. The Labute approximate surface area is 241 Å². The molecule has 2 N–H and O–H groups in total. The molecule has 1 amide bonds. The fourth-order valence-corrected chi connectivity index (χ4v) is 5.54. The van der Waals surface area contributed by atoms with Gasteiger partial charge in [-0.15, -0.1) is 0 Å². The van der Waals surface area contributed by atoms with Crippen LogP contribution in [0.2, 0.25) is 10.0 Å². The van der Waals surface area contributed by atoms with E-state index >= 15 is 0 Å². The van der Waals surface area contributed by atoms with Crippen LogP contribution in [0, 0.1) is 0 Å². The Balaban J connectivity index is 1.44. The Bertz CT molecular complexity index is 1600. The molecule has 11 heteroatoms. The molecule has 206 valence electrons. The third-order valence-corrected chi connectivity index (χ3v) is 7.80. The minimum absolute atomic E-state index is 0.0774. The smallest absolute Gasteiger partial charge is 0.291 e. The maximum absolute atomic E-state index is 13.3. The molecule has 4 aromatic rings. The molecule has 1 aliphatic rings. The van der Waals surface area contributed by atoms with E-state index in [-0.39, 0.29) is 18.3 Å². The number of nitrogens with one attached hydrogen (secondary N) is 1. The highest BCUT2D eigenvalue weighted by atomic mass is 35.5. The Hall–Kier alpha value is -3.76. The predicted molar refractivity (Wildman–Crippen MR) is 154 cm³/mol. The van der Waals surface area contributed by atoms with Gasteiger partial charge in [0.1, 0.15) is 5.75 Å². The lowest BCUT2D eigenvalue weighted by atomic mass is 10.0. The number of methoxy groups -OCH3 is 1. The van der Waals surface area contributed by atoms with Gasteiger partial charge in [0, 0.05) is 61.7 Å². The summed E-state index contributed by atoms with van der Waals surface area (Å²) in [7, 11) is 3.32. The molecule has 0 unspecified atom stereocenters. The quantitative estimate of drug-likeness (QED) is 0.286. The number of anilines is 1. The van der Waals surface area contributed by atoms with Crippen molar-refractivity contribution in [2.45, 2.75) is 13.0 Å². The fraction of sp³-hybridized carbons (Fsp3) is 0.241. The molecule has 2 aromatic carbocycles. The Morgan fingerprint density at radius 3 is 2.73 bits per heavy atom. The molecule has 0 spiro atoms. The van der Waals surface area contributed by atoms with Crippen molar-refractivity contribution in [3.63, 3.8) is 0 Å².